The summed E-state index contributed by atoms with van der Waals surface area (Å²) in [5.41, 5.74) is 1.14. The van der Waals surface area contributed by atoms with Crippen LogP contribution in [0.15, 0.2) is 18.2 Å². The summed E-state index contributed by atoms with van der Waals surface area (Å²) in [7, 11) is 3.36. The van der Waals surface area contributed by atoms with Crippen molar-refractivity contribution in [2.75, 3.05) is 40.5 Å². The van der Waals surface area contributed by atoms with Gasteiger partial charge in [0.25, 0.3) is 0 Å². The van der Waals surface area contributed by atoms with Crippen molar-refractivity contribution >= 4 is 0 Å². The number of nitrogens with one attached hydrogen (secondary N) is 1. The number of ether oxygens (including phenoxy) is 3. The van der Waals surface area contributed by atoms with Crippen LogP contribution in [0.3, 0.4) is 0 Å². The Morgan fingerprint density at radius 1 is 1.29 bits per heavy atom. The molecule has 17 heavy (non-hydrogen) atoms. The molecule has 2 rings (SSSR count). The zero-order chi connectivity index (χ0) is 12.1. The van der Waals surface area contributed by atoms with Crippen molar-refractivity contribution in [1.29, 1.82) is 0 Å². The van der Waals surface area contributed by atoms with E-state index in [-0.39, 0.29) is 0 Å². The Kier molecular flexibility index (Phi) is 4.23. The SMILES string of the molecule is COc1ccc(OC)c(C2CNCCOC2)c1. The van der Waals surface area contributed by atoms with Crippen LogP contribution in [-0.2, 0) is 4.74 Å². The van der Waals surface area contributed by atoms with Gasteiger partial charge in [-0.3, -0.25) is 0 Å². The van der Waals surface area contributed by atoms with E-state index in [4.69, 9.17) is 14.2 Å². The van der Waals surface area contributed by atoms with Gasteiger partial charge in [-0.25, -0.2) is 0 Å². The molecule has 1 N–H and O–H groups in total. The Hall–Kier alpha value is -1.26. The minimum Gasteiger partial charge on any atom is -0.497 e. The molecule has 1 atom stereocenters. The van der Waals surface area contributed by atoms with E-state index in [1.807, 2.05) is 18.2 Å². The molecule has 1 aromatic rings. The van der Waals surface area contributed by atoms with Gasteiger partial charge >= 0.3 is 0 Å². The molecular weight excluding hydrogens is 218 g/mol. The van der Waals surface area contributed by atoms with Crippen molar-refractivity contribution in [3.8, 4) is 11.5 Å². The zero-order valence-corrected chi connectivity index (χ0v) is 10.4. The Morgan fingerprint density at radius 3 is 2.94 bits per heavy atom. The summed E-state index contributed by atoms with van der Waals surface area (Å²) in [5.74, 6) is 2.05. The lowest BCUT2D eigenvalue weighted by molar-refractivity contribution is 0.140. The third-order valence-electron chi connectivity index (χ3n) is 3.01. The van der Waals surface area contributed by atoms with Gasteiger partial charge in [0.15, 0.2) is 0 Å². The number of hydrogen-bond acceptors (Lipinski definition) is 4. The first-order valence-electron chi connectivity index (χ1n) is 5.85. The van der Waals surface area contributed by atoms with Crippen LogP contribution in [-0.4, -0.2) is 40.5 Å². The lowest BCUT2D eigenvalue weighted by Crippen LogP contribution is -2.21. The van der Waals surface area contributed by atoms with Crippen LogP contribution in [0.2, 0.25) is 0 Å². The number of methoxy groups -OCH3 is 2. The molecule has 0 aromatic heterocycles. The fraction of sp³-hybridized carbons (Fsp3) is 0.538. The quantitative estimate of drug-likeness (QED) is 0.862. The van der Waals surface area contributed by atoms with Gasteiger partial charge in [0.1, 0.15) is 11.5 Å². The fourth-order valence-corrected chi connectivity index (χ4v) is 2.06. The third kappa shape index (κ3) is 2.90. The van der Waals surface area contributed by atoms with E-state index in [0.29, 0.717) is 5.92 Å². The van der Waals surface area contributed by atoms with Crippen LogP contribution in [0.1, 0.15) is 11.5 Å². The summed E-state index contributed by atoms with van der Waals surface area (Å²) in [6.07, 6.45) is 0. The lowest BCUT2D eigenvalue weighted by Gasteiger charge is -2.18. The molecular formula is C13H19NO3. The molecule has 0 radical (unpaired) electrons. The summed E-state index contributed by atoms with van der Waals surface area (Å²) in [6.45, 7) is 3.30. The van der Waals surface area contributed by atoms with E-state index in [9.17, 15) is 0 Å². The predicted octanol–water partition coefficient (Wildman–Crippen LogP) is 1.41. The predicted molar refractivity (Wildman–Crippen MR) is 66.0 cm³/mol. The highest BCUT2D eigenvalue weighted by Gasteiger charge is 2.19. The molecule has 1 unspecified atom stereocenters. The number of benzene rings is 1. The van der Waals surface area contributed by atoms with E-state index in [2.05, 4.69) is 5.32 Å². The minimum absolute atomic E-state index is 0.308. The molecule has 1 saturated heterocycles. The summed E-state index contributed by atoms with van der Waals surface area (Å²) in [6, 6.07) is 5.88. The van der Waals surface area contributed by atoms with Crippen LogP contribution in [0, 0.1) is 0 Å². The fourth-order valence-electron chi connectivity index (χ4n) is 2.06. The standard InChI is InChI=1S/C13H19NO3/c1-15-11-3-4-13(16-2)12(7-11)10-8-14-5-6-17-9-10/h3-4,7,10,14H,5-6,8-9H2,1-2H3. The van der Waals surface area contributed by atoms with E-state index in [1.54, 1.807) is 14.2 Å². The Labute approximate surface area is 102 Å². The molecule has 94 valence electrons. The average Bonchev–Trinajstić information content (AvgIpc) is 2.66. The average molecular weight is 237 g/mol. The second-order valence-corrected chi connectivity index (χ2v) is 4.08. The maximum absolute atomic E-state index is 5.58. The summed E-state index contributed by atoms with van der Waals surface area (Å²) in [4.78, 5) is 0. The van der Waals surface area contributed by atoms with Crippen molar-refractivity contribution in [2.24, 2.45) is 0 Å². The van der Waals surface area contributed by atoms with Crippen molar-refractivity contribution in [3.05, 3.63) is 23.8 Å². The van der Waals surface area contributed by atoms with Crippen molar-refractivity contribution < 1.29 is 14.2 Å². The van der Waals surface area contributed by atoms with Crippen LogP contribution in [0.4, 0.5) is 0 Å². The highest BCUT2D eigenvalue weighted by atomic mass is 16.5. The van der Waals surface area contributed by atoms with E-state index in [0.717, 1.165) is 43.4 Å². The maximum Gasteiger partial charge on any atom is 0.122 e. The highest BCUT2D eigenvalue weighted by molar-refractivity contribution is 5.42. The van der Waals surface area contributed by atoms with Crippen molar-refractivity contribution in [3.63, 3.8) is 0 Å². The lowest BCUT2D eigenvalue weighted by atomic mass is 9.98. The maximum atomic E-state index is 5.58. The molecule has 1 aliphatic heterocycles. The van der Waals surface area contributed by atoms with Gasteiger partial charge in [0.05, 0.1) is 27.4 Å². The minimum atomic E-state index is 0.308. The first-order chi connectivity index (χ1) is 8.35. The molecule has 0 bridgehead atoms. The zero-order valence-electron chi connectivity index (χ0n) is 10.4. The monoisotopic (exact) mass is 237 g/mol. The number of hydrogen-bond donors (Lipinski definition) is 1. The topological polar surface area (TPSA) is 39.7 Å². The Morgan fingerprint density at radius 2 is 2.18 bits per heavy atom. The van der Waals surface area contributed by atoms with E-state index < -0.39 is 0 Å². The van der Waals surface area contributed by atoms with Crippen LogP contribution in [0.25, 0.3) is 0 Å². The third-order valence-corrected chi connectivity index (χ3v) is 3.01. The molecule has 4 heteroatoms. The molecule has 4 nitrogen and oxygen atoms in total. The molecule has 0 amide bonds. The normalized spacial score (nSPS) is 20.7. The van der Waals surface area contributed by atoms with E-state index >= 15 is 0 Å². The van der Waals surface area contributed by atoms with Crippen LogP contribution >= 0.6 is 0 Å². The Balaban J connectivity index is 2.26. The summed E-state index contributed by atoms with van der Waals surface area (Å²) >= 11 is 0. The van der Waals surface area contributed by atoms with Gasteiger partial charge in [0, 0.05) is 24.6 Å². The summed E-state index contributed by atoms with van der Waals surface area (Å²) < 4.78 is 16.2. The molecule has 0 spiro atoms. The molecule has 0 aliphatic carbocycles. The van der Waals surface area contributed by atoms with E-state index in [1.165, 1.54) is 0 Å². The molecule has 1 heterocycles. The second-order valence-electron chi connectivity index (χ2n) is 4.08. The second kappa shape index (κ2) is 5.89. The Bertz CT molecular complexity index is 360. The van der Waals surface area contributed by atoms with Crippen molar-refractivity contribution in [1.82, 2.24) is 5.32 Å². The highest BCUT2D eigenvalue weighted by Crippen LogP contribution is 2.31. The van der Waals surface area contributed by atoms with Gasteiger partial charge in [-0.2, -0.15) is 0 Å². The largest absolute Gasteiger partial charge is 0.497 e. The van der Waals surface area contributed by atoms with Crippen LogP contribution in [0.5, 0.6) is 11.5 Å². The van der Waals surface area contributed by atoms with Crippen LogP contribution < -0.4 is 14.8 Å². The first-order valence-corrected chi connectivity index (χ1v) is 5.85. The first kappa shape index (κ1) is 12.2. The molecule has 0 saturated carbocycles. The molecule has 1 aromatic carbocycles. The van der Waals surface area contributed by atoms with Gasteiger partial charge in [0.2, 0.25) is 0 Å². The number of rotatable bonds is 3. The van der Waals surface area contributed by atoms with Gasteiger partial charge in [-0.1, -0.05) is 0 Å². The van der Waals surface area contributed by atoms with Gasteiger partial charge < -0.3 is 19.5 Å². The smallest absolute Gasteiger partial charge is 0.122 e. The molecule has 1 fully saturated rings. The van der Waals surface area contributed by atoms with Gasteiger partial charge in [-0.05, 0) is 18.2 Å². The molecule has 1 aliphatic rings. The summed E-state index contributed by atoms with van der Waals surface area (Å²) in [5, 5.41) is 3.36. The van der Waals surface area contributed by atoms with Crippen molar-refractivity contribution in [2.45, 2.75) is 5.92 Å². The van der Waals surface area contributed by atoms with Gasteiger partial charge in [-0.15, -0.1) is 0 Å².